The Hall–Kier alpha value is -1.79. The molecule has 0 aliphatic heterocycles. The average molecular weight is 249 g/mol. The first-order chi connectivity index (χ1) is 8.16. The minimum absolute atomic E-state index is 0.108. The number of carbonyl (C=O) groups is 1. The maximum Gasteiger partial charge on any atom is 0.305 e. The number of nitrogens with zero attached hydrogens (tertiary/aromatic N) is 2. The van der Waals surface area contributed by atoms with Gasteiger partial charge >= 0.3 is 5.97 Å². The van der Waals surface area contributed by atoms with Crippen molar-refractivity contribution in [1.82, 2.24) is 9.97 Å². The SMILES string of the molecule is NC(CC(=O)O)c1nc(-c2ccncc2)cs1. The molecule has 0 aromatic carbocycles. The van der Waals surface area contributed by atoms with Crippen LogP contribution in [0.5, 0.6) is 0 Å². The Labute approximate surface area is 102 Å². The molecule has 3 N–H and O–H groups in total. The zero-order valence-corrected chi connectivity index (χ0v) is 9.72. The lowest BCUT2D eigenvalue weighted by Crippen LogP contribution is -2.14. The van der Waals surface area contributed by atoms with Gasteiger partial charge in [0, 0.05) is 23.3 Å². The fourth-order valence-corrected chi connectivity index (χ4v) is 2.22. The first-order valence-electron chi connectivity index (χ1n) is 5.00. The monoisotopic (exact) mass is 249 g/mol. The number of hydrogen-bond acceptors (Lipinski definition) is 5. The van der Waals surface area contributed by atoms with Crippen molar-refractivity contribution in [3.05, 3.63) is 34.9 Å². The third-order valence-corrected chi connectivity index (χ3v) is 3.19. The topological polar surface area (TPSA) is 89.1 Å². The van der Waals surface area contributed by atoms with Gasteiger partial charge in [0.15, 0.2) is 0 Å². The Morgan fingerprint density at radius 2 is 2.18 bits per heavy atom. The molecule has 0 aliphatic rings. The van der Waals surface area contributed by atoms with Crippen LogP contribution in [0.1, 0.15) is 17.5 Å². The smallest absolute Gasteiger partial charge is 0.305 e. The van der Waals surface area contributed by atoms with Crippen LogP contribution in [0.3, 0.4) is 0 Å². The number of aromatic nitrogens is 2. The van der Waals surface area contributed by atoms with Crippen LogP contribution in [0, 0.1) is 0 Å². The van der Waals surface area contributed by atoms with Gasteiger partial charge in [0.1, 0.15) is 5.01 Å². The Balaban J connectivity index is 2.19. The van der Waals surface area contributed by atoms with Gasteiger partial charge < -0.3 is 10.8 Å². The number of pyridine rings is 1. The number of carboxylic acids is 1. The summed E-state index contributed by atoms with van der Waals surface area (Å²) in [6.07, 6.45) is 3.26. The predicted molar refractivity (Wildman–Crippen MR) is 64.5 cm³/mol. The number of hydrogen-bond donors (Lipinski definition) is 2. The third-order valence-electron chi connectivity index (χ3n) is 2.21. The lowest BCUT2D eigenvalue weighted by Gasteiger charge is -2.03. The van der Waals surface area contributed by atoms with Crippen LogP contribution in [0.2, 0.25) is 0 Å². The van der Waals surface area contributed by atoms with E-state index in [9.17, 15) is 4.79 Å². The number of nitrogens with two attached hydrogens (primary N) is 1. The first-order valence-corrected chi connectivity index (χ1v) is 5.88. The van der Waals surface area contributed by atoms with Gasteiger partial charge in [-0.1, -0.05) is 0 Å². The summed E-state index contributed by atoms with van der Waals surface area (Å²) in [6, 6.07) is 3.15. The van der Waals surface area contributed by atoms with E-state index in [4.69, 9.17) is 10.8 Å². The van der Waals surface area contributed by atoms with E-state index in [0.717, 1.165) is 11.3 Å². The molecule has 0 fully saturated rings. The zero-order chi connectivity index (χ0) is 12.3. The minimum Gasteiger partial charge on any atom is -0.481 e. The van der Waals surface area contributed by atoms with Crippen LogP contribution in [-0.4, -0.2) is 21.0 Å². The standard InChI is InChI=1S/C11H11N3O2S/c12-8(5-10(15)16)11-14-9(6-17-11)7-1-3-13-4-2-7/h1-4,6,8H,5,12H2,(H,15,16). The van der Waals surface area contributed by atoms with Gasteiger partial charge in [-0.3, -0.25) is 9.78 Å². The number of rotatable bonds is 4. The molecular weight excluding hydrogens is 238 g/mol. The number of thiazole rings is 1. The van der Waals surface area contributed by atoms with Crippen molar-refractivity contribution in [2.24, 2.45) is 5.73 Å². The summed E-state index contributed by atoms with van der Waals surface area (Å²) in [7, 11) is 0. The van der Waals surface area contributed by atoms with Crippen LogP contribution >= 0.6 is 11.3 Å². The highest BCUT2D eigenvalue weighted by molar-refractivity contribution is 7.10. The van der Waals surface area contributed by atoms with Gasteiger partial charge in [-0.05, 0) is 12.1 Å². The van der Waals surface area contributed by atoms with Crippen molar-refractivity contribution < 1.29 is 9.90 Å². The maximum atomic E-state index is 10.5. The normalized spacial score (nSPS) is 12.3. The van der Waals surface area contributed by atoms with Gasteiger partial charge in [0.25, 0.3) is 0 Å². The van der Waals surface area contributed by atoms with E-state index in [2.05, 4.69) is 9.97 Å². The summed E-state index contributed by atoms with van der Waals surface area (Å²) in [5.41, 5.74) is 7.49. The lowest BCUT2D eigenvalue weighted by molar-refractivity contribution is -0.137. The molecular formula is C11H11N3O2S. The molecule has 17 heavy (non-hydrogen) atoms. The van der Waals surface area contributed by atoms with Crippen LogP contribution in [-0.2, 0) is 4.79 Å². The highest BCUT2D eigenvalue weighted by Gasteiger charge is 2.14. The highest BCUT2D eigenvalue weighted by Crippen LogP contribution is 2.25. The van der Waals surface area contributed by atoms with Crippen molar-refractivity contribution in [3.63, 3.8) is 0 Å². The lowest BCUT2D eigenvalue weighted by atomic mass is 10.2. The molecule has 0 spiro atoms. The van der Waals surface area contributed by atoms with Crippen molar-refractivity contribution >= 4 is 17.3 Å². The van der Waals surface area contributed by atoms with Gasteiger partial charge in [-0.25, -0.2) is 4.98 Å². The van der Waals surface area contributed by atoms with Crippen LogP contribution < -0.4 is 5.73 Å². The average Bonchev–Trinajstić information content (AvgIpc) is 2.78. The summed E-state index contributed by atoms with van der Waals surface area (Å²) in [5, 5.41) is 11.2. The van der Waals surface area contributed by atoms with E-state index < -0.39 is 12.0 Å². The van der Waals surface area contributed by atoms with Gasteiger partial charge in [-0.2, -0.15) is 0 Å². The second-order valence-corrected chi connectivity index (χ2v) is 4.40. The highest BCUT2D eigenvalue weighted by atomic mass is 32.1. The molecule has 2 aromatic heterocycles. The van der Waals surface area contributed by atoms with E-state index in [1.165, 1.54) is 11.3 Å². The molecule has 6 heteroatoms. The van der Waals surface area contributed by atoms with E-state index in [-0.39, 0.29) is 6.42 Å². The first kappa shape index (κ1) is 11.7. The van der Waals surface area contributed by atoms with Crippen molar-refractivity contribution in [3.8, 4) is 11.3 Å². The Morgan fingerprint density at radius 1 is 1.47 bits per heavy atom. The second kappa shape index (κ2) is 5.03. The fraction of sp³-hybridized carbons (Fsp3) is 0.182. The van der Waals surface area contributed by atoms with Gasteiger partial charge in [0.05, 0.1) is 18.2 Å². The fourth-order valence-electron chi connectivity index (χ4n) is 1.39. The molecule has 2 heterocycles. The van der Waals surface area contributed by atoms with Crippen molar-refractivity contribution in [2.75, 3.05) is 0 Å². The molecule has 0 aliphatic carbocycles. The molecule has 0 bridgehead atoms. The summed E-state index contributed by atoms with van der Waals surface area (Å²) < 4.78 is 0. The van der Waals surface area contributed by atoms with E-state index in [0.29, 0.717) is 5.01 Å². The molecule has 88 valence electrons. The Kier molecular flexibility index (Phi) is 3.46. The largest absolute Gasteiger partial charge is 0.481 e. The van der Waals surface area contributed by atoms with E-state index in [1.807, 2.05) is 17.5 Å². The van der Waals surface area contributed by atoms with Crippen LogP contribution in [0.25, 0.3) is 11.3 Å². The summed E-state index contributed by atoms with van der Waals surface area (Å²) in [4.78, 5) is 18.8. The van der Waals surface area contributed by atoms with Gasteiger partial charge in [0.2, 0.25) is 0 Å². The summed E-state index contributed by atoms with van der Waals surface area (Å²) in [6.45, 7) is 0. The molecule has 1 atom stereocenters. The van der Waals surface area contributed by atoms with Crippen LogP contribution in [0.4, 0.5) is 0 Å². The minimum atomic E-state index is -0.918. The quantitative estimate of drug-likeness (QED) is 0.860. The molecule has 2 rings (SSSR count). The van der Waals surface area contributed by atoms with E-state index in [1.54, 1.807) is 12.4 Å². The van der Waals surface area contributed by atoms with E-state index >= 15 is 0 Å². The molecule has 0 saturated carbocycles. The number of aliphatic carboxylic acids is 1. The summed E-state index contributed by atoms with van der Waals surface area (Å²) in [5.74, 6) is -0.918. The molecule has 0 saturated heterocycles. The number of carboxylic acid groups (broad SMARTS) is 1. The van der Waals surface area contributed by atoms with Crippen molar-refractivity contribution in [2.45, 2.75) is 12.5 Å². The molecule has 0 radical (unpaired) electrons. The third kappa shape index (κ3) is 2.86. The maximum absolute atomic E-state index is 10.5. The molecule has 0 amide bonds. The molecule has 5 nitrogen and oxygen atoms in total. The Morgan fingerprint density at radius 3 is 2.82 bits per heavy atom. The Bertz CT molecular complexity index is 512. The zero-order valence-electron chi connectivity index (χ0n) is 8.91. The van der Waals surface area contributed by atoms with Crippen molar-refractivity contribution in [1.29, 1.82) is 0 Å². The van der Waals surface area contributed by atoms with Crippen LogP contribution in [0.15, 0.2) is 29.9 Å². The predicted octanol–water partition coefficient (Wildman–Crippen LogP) is 1.68. The molecule has 2 aromatic rings. The van der Waals surface area contributed by atoms with Gasteiger partial charge in [-0.15, -0.1) is 11.3 Å². The molecule has 1 unspecified atom stereocenters. The second-order valence-electron chi connectivity index (χ2n) is 3.51. The summed E-state index contributed by atoms with van der Waals surface area (Å²) >= 11 is 1.37.